The molecule has 1 aromatic carbocycles. The summed E-state index contributed by atoms with van der Waals surface area (Å²) in [6.45, 7) is 0. The molecule has 0 spiro atoms. The minimum Gasteiger partial charge on any atom is -0.274 e. The highest BCUT2D eigenvalue weighted by Gasteiger charge is 2.48. The van der Waals surface area contributed by atoms with Crippen LogP contribution in [0.5, 0.6) is 0 Å². The summed E-state index contributed by atoms with van der Waals surface area (Å²) in [6, 6.07) is 4.73. The van der Waals surface area contributed by atoms with Gasteiger partial charge in [-0.3, -0.25) is 9.59 Å². The zero-order chi connectivity index (χ0) is 14.4. The van der Waals surface area contributed by atoms with Gasteiger partial charge in [-0.2, -0.15) is 0 Å². The smallest absolute Gasteiger partial charge is 0.238 e. The van der Waals surface area contributed by atoms with Crippen molar-refractivity contribution in [3.05, 3.63) is 39.4 Å². The Morgan fingerprint density at radius 3 is 2.40 bits per heavy atom. The van der Waals surface area contributed by atoms with E-state index in [0.29, 0.717) is 33.6 Å². The molecule has 6 heteroatoms. The molecule has 0 N–H and O–H groups in total. The Hall–Kier alpha value is -1.03. The van der Waals surface area contributed by atoms with Crippen LogP contribution >= 0.6 is 34.8 Å². The van der Waals surface area contributed by atoms with Crippen LogP contribution in [0.15, 0.2) is 29.3 Å². The summed E-state index contributed by atoms with van der Waals surface area (Å²) in [4.78, 5) is 26.0. The van der Waals surface area contributed by atoms with Crippen molar-refractivity contribution < 1.29 is 9.59 Å². The minimum atomic E-state index is -0.366. The second-order valence-corrected chi connectivity index (χ2v) is 6.21. The van der Waals surface area contributed by atoms with Gasteiger partial charge in [-0.15, -0.1) is 0 Å². The van der Waals surface area contributed by atoms with Crippen LogP contribution < -0.4 is 4.90 Å². The van der Waals surface area contributed by atoms with Gasteiger partial charge in [-0.1, -0.05) is 40.9 Å². The Balaban J connectivity index is 1.97. The van der Waals surface area contributed by atoms with E-state index in [1.165, 1.54) is 11.0 Å². The molecule has 0 radical (unpaired) electrons. The van der Waals surface area contributed by atoms with Crippen molar-refractivity contribution >= 4 is 52.3 Å². The fraction of sp³-hybridized carbons (Fsp3) is 0.286. The lowest BCUT2D eigenvalue weighted by atomic mass is 9.85. The molecule has 1 heterocycles. The van der Waals surface area contributed by atoms with Crippen molar-refractivity contribution in [1.29, 1.82) is 0 Å². The number of carbonyl (C=O) groups excluding carboxylic acids is 2. The molecule has 2 aliphatic rings. The molecule has 0 bridgehead atoms. The highest BCUT2D eigenvalue weighted by atomic mass is 35.5. The van der Waals surface area contributed by atoms with Gasteiger partial charge in [-0.25, -0.2) is 4.90 Å². The number of anilines is 1. The predicted molar refractivity (Wildman–Crippen MR) is 79.1 cm³/mol. The van der Waals surface area contributed by atoms with Crippen LogP contribution in [0.2, 0.25) is 10.0 Å². The van der Waals surface area contributed by atoms with Gasteiger partial charge >= 0.3 is 0 Å². The quantitative estimate of drug-likeness (QED) is 0.729. The Morgan fingerprint density at radius 1 is 1.00 bits per heavy atom. The topological polar surface area (TPSA) is 37.4 Å². The van der Waals surface area contributed by atoms with Crippen LogP contribution in [-0.2, 0) is 9.59 Å². The van der Waals surface area contributed by atoms with E-state index >= 15 is 0 Å². The van der Waals surface area contributed by atoms with Crippen molar-refractivity contribution in [2.24, 2.45) is 11.8 Å². The van der Waals surface area contributed by atoms with Crippen molar-refractivity contribution in [3.63, 3.8) is 0 Å². The first kappa shape index (κ1) is 13.9. The Morgan fingerprint density at radius 2 is 1.70 bits per heavy atom. The molecule has 2 atom stereocenters. The average Bonchev–Trinajstić information content (AvgIpc) is 2.65. The molecule has 3 nitrogen and oxygen atoms in total. The van der Waals surface area contributed by atoms with Gasteiger partial charge in [0.05, 0.1) is 27.6 Å². The van der Waals surface area contributed by atoms with Gasteiger partial charge in [0.2, 0.25) is 11.8 Å². The number of amides is 2. The molecular formula is C14H10Cl3NO2. The SMILES string of the molecule is O=C1[C@@H]2CC=C(Cl)C[C@H]2C(=O)N1c1ccc(Cl)c(Cl)c1. The number of rotatable bonds is 1. The highest BCUT2D eigenvalue weighted by molar-refractivity contribution is 6.42. The first-order valence-corrected chi connectivity index (χ1v) is 7.30. The molecule has 1 saturated heterocycles. The normalized spacial score (nSPS) is 25.8. The Labute approximate surface area is 131 Å². The first-order valence-electron chi connectivity index (χ1n) is 6.16. The fourth-order valence-corrected chi connectivity index (χ4v) is 3.25. The van der Waals surface area contributed by atoms with E-state index in [0.717, 1.165) is 0 Å². The predicted octanol–water partition coefficient (Wildman–Crippen LogP) is 4.02. The van der Waals surface area contributed by atoms with E-state index < -0.39 is 0 Å². The number of fused-ring (bicyclic) bond motifs is 1. The molecule has 3 rings (SSSR count). The monoisotopic (exact) mass is 329 g/mol. The minimum absolute atomic E-state index is 0.196. The summed E-state index contributed by atoms with van der Waals surface area (Å²) in [6.07, 6.45) is 2.74. The van der Waals surface area contributed by atoms with Gasteiger partial charge in [0.15, 0.2) is 0 Å². The van der Waals surface area contributed by atoms with Crippen molar-refractivity contribution in [3.8, 4) is 0 Å². The average molecular weight is 331 g/mol. The van der Waals surface area contributed by atoms with E-state index in [9.17, 15) is 9.59 Å². The van der Waals surface area contributed by atoms with E-state index in [1.807, 2.05) is 6.08 Å². The number of carbonyl (C=O) groups is 2. The van der Waals surface area contributed by atoms with Crippen LogP contribution in [0, 0.1) is 11.8 Å². The van der Waals surface area contributed by atoms with E-state index in [-0.39, 0.29) is 23.7 Å². The van der Waals surface area contributed by atoms with Crippen molar-refractivity contribution in [2.45, 2.75) is 12.8 Å². The van der Waals surface area contributed by atoms with E-state index in [4.69, 9.17) is 34.8 Å². The highest BCUT2D eigenvalue weighted by Crippen LogP contribution is 2.41. The van der Waals surface area contributed by atoms with Crippen molar-refractivity contribution in [1.82, 2.24) is 0 Å². The van der Waals surface area contributed by atoms with Crippen LogP contribution in [0.3, 0.4) is 0 Å². The van der Waals surface area contributed by atoms with Gasteiger partial charge < -0.3 is 0 Å². The number of allylic oxidation sites excluding steroid dienone is 2. The molecule has 1 aliphatic heterocycles. The largest absolute Gasteiger partial charge is 0.274 e. The maximum absolute atomic E-state index is 12.4. The fourth-order valence-electron chi connectivity index (χ4n) is 2.71. The third kappa shape index (κ3) is 2.14. The van der Waals surface area contributed by atoms with Crippen LogP contribution in [0.1, 0.15) is 12.8 Å². The van der Waals surface area contributed by atoms with Gasteiger partial charge in [0, 0.05) is 5.03 Å². The Kier molecular flexibility index (Phi) is 3.53. The number of imide groups is 1. The van der Waals surface area contributed by atoms with Crippen molar-refractivity contribution in [2.75, 3.05) is 4.90 Å². The lowest BCUT2D eigenvalue weighted by Crippen LogP contribution is -2.30. The number of hydrogen-bond acceptors (Lipinski definition) is 2. The third-order valence-corrected chi connectivity index (χ3v) is 4.78. The summed E-state index contributed by atoms with van der Waals surface area (Å²) in [5.74, 6) is -1.10. The molecule has 1 aromatic rings. The standard InChI is InChI=1S/C14H10Cl3NO2/c15-7-1-3-9-10(5-7)14(20)18(13(9)19)8-2-4-11(16)12(17)6-8/h1-2,4,6,9-10H,3,5H2/t9-,10-/m1/s1. The summed E-state index contributed by atoms with van der Waals surface area (Å²) < 4.78 is 0. The van der Waals surface area contributed by atoms with Crippen LogP contribution in [-0.4, -0.2) is 11.8 Å². The summed E-state index contributed by atoms with van der Waals surface area (Å²) in [7, 11) is 0. The molecule has 2 amide bonds. The molecule has 1 aliphatic carbocycles. The number of benzene rings is 1. The lowest BCUT2D eigenvalue weighted by molar-refractivity contribution is -0.122. The zero-order valence-electron chi connectivity index (χ0n) is 10.3. The number of hydrogen-bond donors (Lipinski definition) is 0. The molecule has 20 heavy (non-hydrogen) atoms. The number of halogens is 3. The molecule has 0 unspecified atom stereocenters. The summed E-state index contributed by atoms with van der Waals surface area (Å²) >= 11 is 17.8. The molecule has 104 valence electrons. The molecular weight excluding hydrogens is 321 g/mol. The van der Waals surface area contributed by atoms with Crippen LogP contribution in [0.4, 0.5) is 5.69 Å². The first-order chi connectivity index (χ1) is 9.49. The summed E-state index contributed by atoms with van der Waals surface area (Å²) in [5.41, 5.74) is 0.458. The second kappa shape index (κ2) is 5.06. The van der Waals surface area contributed by atoms with Gasteiger partial charge in [0.25, 0.3) is 0 Å². The van der Waals surface area contributed by atoms with E-state index in [1.54, 1.807) is 12.1 Å². The van der Waals surface area contributed by atoms with E-state index in [2.05, 4.69) is 0 Å². The molecule has 1 fully saturated rings. The number of nitrogens with zero attached hydrogens (tertiary/aromatic N) is 1. The second-order valence-electron chi connectivity index (χ2n) is 4.91. The Bertz CT molecular complexity index is 641. The summed E-state index contributed by atoms with van der Waals surface area (Å²) in [5, 5.41) is 1.34. The maximum atomic E-state index is 12.4. The molecule has 0 saturated carbocycles. The lowest BCUT2D eigenvalue weighted by Gasteiger charge is -2.17. The van der Waals surface area contributed by atoms with Gasteiger partial charge in [0.1, 0.15) is 0 Å². The maximum Gasteiger partial charge on any atom is 0.238 e. The zero-order valence-corrected chi connectivity index (χ0v) is 12.5. The third-order valence-electron chi connectivity index (χ3n) is 3.73. The van der Waals surface area contributed by atoms with Gasteiger partial charge in [-0.05, 0) is 31.0 Å². The molecule has 0 aromatic heterocycles. The van der Waals surface area contributed by atoms with Crippen LogP contribution in [0.25, 0.3) is 0 Å².